The highest BCUT2D eigenvalue weighted by molar-refractivity contribution is 7.20. The van der Waals surface area contributed by atoms with Gasteiger partial charge in [0.2, 0.25) is 0 Å². The van der Waals surface area contributed by atoms with E-state index in [1.165, 1.54) is 11.3 Å². The highest BCUT2D eigenvalue weighted by Crippen LogP contribution is 2.28. The van der Waals surface area contributed by atoms with Gasteiger partial charge in [-0.1, -0.05) is 18.2 Å². The molecule has 1 aromatic carbocycles. The lowest BCUT2D eigenvalue weighted by molar-refractivity contribution is 0.0682. The second-order valence-corrected chi connectivity index (χ2v) is 5.71. The zero-order valence-corrected chi connectivity index (χ0v) is 10.8. The number of hydrogen-bond donors (Lipinski definition) is 1. The van der Waals surface area contributed by atoms with Crippen molar-refractivity contribution in [2.75, 3.05) is 13.2 Å². The van der Waals surface area contributed by atoms with Crippen LogP contribution in [0.5, 0.6) is 0 Å². The Hall–Kier alpha value is -1.39. The Morgan fingerprint density at radius 2 is 2.28 bits per heavy atom. The second kappa shape index (κ2) is 4.71. The molecule has 0 radical (unpaired) electrons. The number of carbonyl (C=O) groups excluding carboxylic acids is 1. The predicted molar refractivity (Wildman–Crippen MR) is 73.0 cm³/mol. The Labute approximate surface area is 110 Å². The fraction of sp³-hybridized carbons (Fsp3) is 0.357. The number of fused-ring (bicyclic) bond motifs is 1. The molecule has 0 saturated carbocycles. The third-order valence-corrected chi connectivity index (χ3v) is 4.59. The number of aliphatic hydroxyl groups excluding tert-OH is 1. The van der Waals surface area contributed by atoms with Gasteiger partial charge >= 0.3 is 0 Å². The summed E-state index contributed by atoms with van der Waals surface area (Å²) in [7, 11) is 0. The number of thiophene rings is 1. The average Bonchev–Trinajstić information content (AvgIpc) is 3.03. The molecule has 4 heteroatoms. The van der Waals surface area contributed by atoms with Crippen molar-refractivity contribution in [1.82, 2.24) is 4.90 Å². The smallest absolute Gasteiger partial charge is 0.264 e. The Morgan fingerprint density at radius 1 is 1.44 bits per heavy atom. The van der Waals surface area contributed by atoms with Crippen LogP contribution in [0.15, 0.2) is 30.3 Å². The van der Waals surface area contributed by atoms with E-state index < -0.39 is 0 Å². The summed E-state index contributed by atoms with van der Waals surface area (Å²) in [4.78, 5) is 15.0. The Morgan fingerprint density at radius 3 is 3.06 bits per heavy atom. The van der Waals surface area contributed by atoms with Gasteiger partial charge in [-0.25, -0.2) is 0 Å². The molecule has 1 N–H and O–H groups in total. The molecular formula is C14H15NO2S. The Kier molecular flexibility index (Phi) is 3.06. The summed E-state index contributed by atoms with van der Waals surface area (Å²) in [5.74, 6) is 0.0627. The molecule has 1 aliphatic heterocycles. The van der Waals surface area contributed by atoms with E-state index >= 15 is 0 Å². The van der Waals surface area contributed by atoms with Crippen molar-refractivity contribution in [1.29, 1.82) is 0 Å². The maximum atomic E-state index is 12.4. The summed E-state index contributed by atoms with van der Waals surface area (Å²) < 4.78 is 1.14. The van der Waals surface area contributed by atoms with Gasteiger partial charge in [-0.05, 0) is 30.4 Å². The van der Waals surface area contributed by atoms with Crippen LogP contribution in [0.1, 0.15) is 22.5 Å². The number of carbonyl (C=O) groups is 1. The van der Waals surface area contributed by atoms with Crippen molar-refractivity contribution < 1.29 is 9.90 Å². The fourth-order valence-electron chi connectivity index (χ4n) is 2.52. The minimum Gasteiger partial charge on any atom is -0.394 e. The number of rotatable bonds is 2. The monoisotopic (exact) mass is 261 g/mol. The zero-order valence-electron chi connectivity index (χ0n) is 10.0. The molecule has 0 aliphatic carbocycles. The number of likely N-dealkylation sites (tertiary alicyclic amines) is 1. The molecule has 1 amide bonds. The lowest BCUT2D eigenvalue weighted by atomic mass is 10.2. The minimum absolute atomic E-state index is 0.00251. The van der Waals surface area contributed by atoms with Crippen LogP contribution in [0, 0.1) is 0 Å². The third kappa shape index (κ3) is 1.91. The number of nitrogens with zero attached hydrogens (tertiary/aromatic N) is 1. The van der Waals surface area contributed by atoms with Gasteiger partial charge in [-0.3, -0.25) is 4.79 Å². The van der Waals surface area contributed by atoms with E-state index in [0.717, 1.165) is 34.3 Å². The molecule has 1 aliphatic rings. The van der Waals surface area contributed by atoms with Gasteiger partial charge in [-0.2, -0.15) is 0 Å². The van der Waals surface area contributed by atoms with E-state index in [-0.39, 0.29) is 18.6 Å². The van der Waals surface area contributed by atoms with E-state index in [0.29, 0.717) is 0 Å². The molecule has 1 aromatic heterocycles. The van der Waals surface area contributed by atoms with Gasteiger partial charge in [0.05, 0.1) is 17.5 Å². The summed E-state index contributed by atoms with van der Waals surface area (Å²) >= 11 is 1.53. The van der Waals surface area contributed by atoms with Gasteiger partial charge < -0.3 is 10.0 Å². The van der Waals surface area contributed by atoms with E-state index in [4.69, 9.17) is 0 Å². The minimum atomic E-state index is 0.00251. The number of benzene rings is 1. The maximum Gasteiger partial charge on any atom is 0.264 e. The fourth-order valence-corrected chi connectivity index (χ4v) is 3.54. The van der Waals surface area contributed by atoms with Crippen LogP contribution >= 0.6 is 11.3 Å². The van der Waals surface area contributed by atoms with Crippen molar-refractivity contribution in [3.8, 4) is 0 Å². The molecule has 94 valence electrons. The summed E-state index contributed by atoms with van der Waals surface area (Å²) in [5.41, 5.74) is 0. The first-order valence-corrected chi connectivity index (χ1v) is 7.01. The van der Waals surface area contributed by atoms with Crippen molar-refractivity contribution in [3.63, 3.8) is 0 Å². The molecule has 1 fully saturated rings. The van der Waals surface area contributed by atoms with Crippen LogP contribution in [0.2, 0.25) is 0 Å². The van der Waals surface area contributed by atoms with Crippen LogP contribution in [0.25, 0.3) is 10.1 Å². The zero-order chi connectivity index (χ0) is 12.5. The molecule has 1 saturated heterocycles. The lowest BCUT2D eigenvalue weighted by Gasteiger charge is -2.22. The van der Waals surface area contributed by atoms with Gasteiger partial charge in [-0.15, -0.1) is 11.3 Å². The predicted octanol–water partition coefficient (Wildman–Crippen LogP) is 2.50. The van der Waals surface area contributed by atoms with Gasteiger partial charge in [0.1, 0.15) is 0 Å². The van der Waals surface area contributed by atoms with E-state index in [2.05, 4.69) is 0 Å². The van der Waals surface area contributed by atoms with Crippen molar-refractivity contribution in [2.24, 2.45) is 0 Å². The largest absolute Gasteiger partial charge is 0.394 e. The normalized spacial score (nSPS) is 19.6. The first-order valence-electron chi connectivity index (χ1n) is 6.20. The number of amides is 1. The Balaban J connectivity index is 1.91. The van der Waals surface area contributed by atoms with Gasteiger partial charge in [0.25, 0.3) is 5.91 Å². The SMILES string of the molecule is O=C(c1cc2ccccc2s1)N1CCC[C@H]1CO. The molecule has 3 rings (SSSR count). The van der Waals surface area contributed by atoms with Crippen LogP contribution < -0.4 is 0 Å². The standard InChI is InChI=1S/C14H15NO2S/c16-9-11-5-3-7-15(11)14(17)13-8-10-4-1-2-6-12(10)18-13/h1-2,4,6,8,11,16H,3,5,7,9H2/t11-/m0/s1. The highest BCUT2D eigenvalue weighted by atomic mass is 32.1. The first-order chi connectivity index (χ1) is 8.79. The van der Waals surface area contributed by atoms with Crippen molar-refractivity contribution in [2.45, 2.75) is 18.9 Å². The molecule has 0 spiro atoms. The summed E-state index contributed by atoms with van der Waals surface area (Å²) in [6, 6.07) is 9.98. The topological polar surface area (TPSA) is 40.5 Å². The molecular weight excluding hydrogens is 246 g/mol. The van der Waals surface area contributed by atoms with Crippen molar-refractivity contribution in [3.05, 3.63) is 35.2 Å². The van der Waals surface area contributed by atoms with Gasteiger partial charge in [0.15, 0.2) is 0 Å². The van der Waals surface area contributed by atoms with Crippen molar-refractivity contribution >= 4 is 27.3 Å². The van der Waals surface area contributed by atoms with Gasteiger partial charge in [0, 0.05) is 11.2 Å². The third-order valence-electron chi connectivity index (χ3n) is 3.49. The number of hydrogen-bond acceptors (Lipinski definition) is 3. The van der Waals surface area contributed by atoms with Crippen LogP contribution in [-0.2, 0) is 0 Å². The highest BCUT2D eigenvalue weighted by Gasteiger charge is 2.29. The first kappa shape index (κ1) is 11.7. The lowest BCUT2D eigenvalue weighted by Crippen LogP contribution is -2.37. The molecule has 0 unspecified atom stereocenters. The van der Waals surface area contributed by atoms with Crippen LogP contribution in [0.4, 0.5) is 0 Å². The van der Waals surface area contributed by atoms with E-state index in [1.54, 1.807) is 0 Å². The average molecular weight is 261 g/mol. The molecule has 1 atom stereocenters. The molecule has 3 nitrogen and oxygen atoms in total. The summed E-state index contributed by atoms with van der Waals surface area (Å²) in [5, 5.41) is 10.4. The summed E-state index contributed by atoms with van der Waals surface area (Å²) in [6.45, 7) is 0.828. The molecule has 0 bridgehead atoms. The van der Waals surface area contributed by atoms with E-state index in [9.17, 15) is 9.90 Å². The quantitative estimate of drug-likeness (QED) is 0.902. The van der Waals surface area contributed by atoms with Crippen LogP contribution in [0.3, 0.4) is 0 Å². The Bertz CT molecular complexity index is 545. The molecule has 2 heterocycles. The second-order valence-electron chi connectivity index (χ2n) is 4.63. The molecule has 2 aromatic rings. The maximum absolute atomic E-state index is 12.4. The summed E-state index contributed by atoms with van der Waals surface area (Å²) in [6.07, 6.45) is 1.90. The van der Waals surface area contributed by atoms with Crippen LogP contribution in [-0.4, -0.2) is 35.1 Å². The van der Waals surface area contributed by atoms with E-state index in [1.807, 2.05) is 35.2 Å². The molecule has 18 heavy (non-hydrogen) atoms. The number of aliphatic hydroxyl groups is 1.